The van der Waals surface area contributed by atoms with Crippen LogP contribution < -0.4 is 4.90 Å². The molecule has 0 aliphatic carbocycles. The fourth-order valence-electron chi connectivity index (χ4n) is 2.22. The summed E-state index contributed by atoms with van der Waals surface area (Å²) in [4.78, 5) is 17.4. The van der Waals surface area contributed by atoms with Gasteiger partial charge in [-0.25, -0.2) is 0 Å². The Morgan fingerprint density at radius 3 is 2.94 bits per heavy atom. The largest absolute Gasteiger partial charge is 0.315 e. The van der Waals surface area contributed by atoms with Crippen molar-refractivity contribution < 1.29 is 4.79 Å². The number of pyridine rings is 1. The molecule has 1 aromatic carbocycles. The number of carbonyl (C=O) groups excluding carboxylic acids is 1. The van der Waals surface area contributed by atoms with E-state index in [4.69, 9.17) is 11.6 Å². The normalized spacial score (nSPS) is 13.9. The van der Waals surface area contributed by atoms with E-state index >= 15 is 0 Å². The summed E-state index contributed by atoms with van der Waals surface area (Å²) in [5.41, 5.74) is 3.81. The minimum atomic E-state index is 0.101. The molecule has 0 unspecified atom stereocenters. The molecule has 3 nitrogen and oxygen atoms in total. The molecular formula is C14H11ClN2O. The fourth-order valence-corrected chi connectivity index (χ4v) is 2.49. The maximum absolute atomic E-state index is 11.7. The zero-order valence-corrected chi connectivity index (χ0v) is 10.6. The third-order valence-electron chi connectivity index (χ3n) is 3.22. The van der Waals surface area contributed by atoms with Crippen LogP contribution in [0, 0.1) is 0 Å². The highest BCUT2D eigenvalue weighted by Gasteiger charge is 2.25. The standard InChI is InChI=1S/C14H11ClN2O/c1-17-13-7-12(15)11(5-10(13)6-14(17)18)9-3-2-4-16-8-9/h2-5,7-8H,6H2,1H3. The number of likely N-dealkylation sites (N-methyl/N-ethyl adjacent to an activating group) is 1. The van der Waals surface area contributed by atoms with Gasteiger partial charge in [-0.2, -0.15) is 0 Å². The van der Waals surface area contributed by atoms with Crippen molar-refractivity contribution in [1.29, 1.82) is 0 Å². The number of fused-ring (bicyclic) bond motifs is 1. The van der Waals surface area contributed by atoms with E-state index < -0.39 is 0 Å². The van der Waals surface area contributed by atoms with Crippen LogP contribution in [0.1, 0.15) is 5.56 Å². The molecule has 90 valence electrons. The summed E-state index contributed by atoms with van der Waals surface area (Å²) in [6.07, 6.45) is 3.94. The van der Waals surface area contributed by atoms with Gasteiger partial charge in [-0.3, -0.25) is 9.78 Å². The summed E-state index contributed by atoms with van der Waals surface area (Å²) in [5.74, 6) is 0.101. The van der Waals surface area contributed by atoms with E-state index in [9.17, 15) is 4.79 Å². The molecule has 1 aliphatic heterocycles. The lowest BCUT2D eigenvalue weighted by molar-refractivity contribution is -0.117. The summed E-state index contributed by atoms with van der Waals surface area (Å²) in [6.45, 7) is 0. The second kappa shape index (κ2) is 4.10. The highest BCUT2D eigenvalue weighted by molar-refractivity contribution is 6.34. The average Bonchev–Trinajstić information content (AvgIpc) is 2.66. The molecule has 0 saturated heterocycles. The second-order valence-corrected chi connectivity index (χ2v) is 4.74. The number of hydrogen-bond donors (Lipinski definition) is 0. The Hall–Kier alpha value is -1.87. The summed E-state index contributed by atoms with van der Waals surface area (Å²) < 4.78 is 0. The number of carbonyl (C=O) groups is 1. The van der Waals surface area contributed by atoms with E-state index in [1.807, 2.05) is 24.3 Å². The molecule has 0 bridgehead atoms. The minimum Gasteiger partial charge on any atom is -0.315 e. The van der Waals surface area contributed by atoms with Crippen LogP contribution in [0.15, 0.2) is 36.7 Å². The summed E-state index contributed by atoms with van der Waals surface area (Å²) in [6, 6.07) is 7.66. The predicted molar refractivity (Wildman–Crippen MR) is 71.8 cm³/mol. The zero-order valence-electron chi connectivity index (χ0n) is 9.85. The zero-order chi connectivity index (χ0) is 12.7. The molecule has 4 heteroatoms. The molecule has 0 radical (unpaired) electrons. The lowest BCUT2D eigenvalue weighted by atomic mass is 10.0. The van der Waals surface area contributed by atoms with Crippen molar-refractivity contribution in [3.05, 3.63) is 47.2 Å². The Bertz CT molecular complexity index is 625. The van der Waals surface area contributed by atoms with Gasteiger partial charge in [0.25, 0.3) is 0 Å². The van der Waals surface area contributed by atoms with Gasteiger partial charge in [0.15, 0.2) is 0 Å². The number of aromatic nitrogens is 1. The van der Waals surface area contributed by atoms with Crippen LogP contribution in [0.4, 0.5) is 5.69 Å². The number of rotatable bonds is 1. The quantitative estimate of drug-likeness (QED) is 0.788. The first-order valence-electron chi connectivity index (χ1n) is 5.66. The third kappa shape index (κ3) is 1.68. The molecule has 18 heavy (non-hydrogen) atoms. The van der Waals surface area contributed by atoms with E-state index in [-0.39, 0.29) is 5.91 Å². The summed E-state index contributed by atoms with van der Waals surface area (Å²) >= 11 is 6.29. The van der Waals surface area contributed by atoms with Gasteiger partial charge in [-0.15, -0.1) is 0 Å². The van der Waals surface area contributed by atoms with Crippen molar-refractivity contribution in [3.63, 3.8) is 0 Å². The van der Waals surface area contributed by atoms with Gasteiger partial charge >= 0.3 is 0 Å². The summed E-state index contributed by atoms with van der Waals surface area (Å²) in [5, 5.41) is 0.642. The Labute approximate surface area is 110 Å². The van der Waals surface area contributed by atoms with Gasteiger partial charge in [-0.05, 0) is 23.8 Å². The molecule has 0 N–H and O–H groups in total. The third-order valence-corrected chi connectivity index (χ3v) is 3.53. The first kappa shape index (κ1) is 11.2. The smallest absolute Gasteiger partial charge is 0.231 e. The molecule has 2 heterocycles. The van der Waals surface area contributed by atoms with Crippen LogP contribution >= 0.6 is 11.6 Å². The highest BCUT2D eigenvalue weighted by Crippen LogP contribution is 2.37. The molecule has 0 fully saturated rings. The maximum atomic E-state index is 11.7. The molecule has 0 saturated carbocycles. The number of amides is 1. The Balaban J connectivity index is 2.15. The Morgan fingerprint density at radius 1 is 1.39 bits per heavy atom. The van der Waals surface area contributed by atoms with Crippen LogP contribution in [0.2, 0.25) is 5.02 Å². The number of hydrogen-bond acceptors (Lipinski definition) is 2. The van der Waals surface area contributed by atoms with Crippen molar-refractivity contribution in [3.8, 4) is 11.1 Å². The lowest BCUT2D eigenvalue weighted by Gasteiger charge is -2.12. The van der Waals surface area contributed by atoms with Crippen molar-refractivity contribution >= 4 is 23.2 Å². The lowest BCUT2D eigenvalue weighted by Crippen LogP contribution is -2.20. The molecule has 3 rings (SSSR count). The van der Waals surface area contributed by atoms with E-state index in [0.717, 1.165) is 22.4 Å². The molecule has 0 spiro atoms. The van der Waals surface area contributed by atoms with Crippen molar-refractivity contribution in [2.75, 3.05) is 11.9 Å². The Morgan fingerprint density at radius 2 is 2.22 bits per heavy atom. The topological polar surface area (TPSA) is 33.2 Å². The van der Waals surface area contributed by atoms with Crippen LogP contribution in [0.25, 0.3) is 11.1 Å². The molecule has 0 atom stereocenters. The first-order chi connectivity index (χ1) is 8.66. The number of anilines is 1. The number of benzene rings is 1. The van der Waals surface area contributed by atoms with Crippen molar-refractivity contribution in [2.24, 2.45) is 0 Å². The van der Waals surface area contributed by atoms with E-state index in [2.05, 4.69) is 4.98 Å². The number of halogens is 1. The SMILES string of the molecule is CN1C(=O)Cc2cc(-c3cccnc3)c(Cl)cc21. The van der Waals surface area contributed by atoms with Crippen molar-refractivity contribution in [2.45, 2.75) is 6.42 Å². The number of nitrogens with zero attached hydrogens (tertiary/aromatic N) is 2. The van der Waals surface area contributed by atoms with Gasteiger partial charge < -0.3 is 4.90 Å². The average molecular weight is 259 g/mol. The van der Waals surface area contributed by atoms with Gasteiger partial charge in [0.05, 0.1) is 11.4 Å². The summed E-state index contributed by atoms with van der Waals surface area (Å²) in [7, 11) is 1.77. The Kier molecular flexibility index (Phi) is 2.56. The van der Waals surface area contributed by atoms with E-state index in [1.165, 1.54) is 0 Å². The molecule has 1 aliphatic rings. The van der Waals surface area contributed by atoms with E-state index in [1.54, 1.807) is 24.3 Å². The second-order valence-electron chi connectivity index (χ2n) is 4.33. The maximum Gasteiger partial charge on any atom is 0.231 e. The molecule has 1 amide bonds. The fraction of sp³-hybridized carbons (Fsp3) is 0.143. The van der Waals surface area contributed by atoms with Crippen LogP contribution in [-0.2, 0) is 11.2 Å². The van der Waals surface area contributed by atoms with Crippen LogP contribution in [0.5, 0.6) is 0 Å². The predicted octanol–water partition coefficient (Wildman–Crippen LogP) is 2.92. The van der Waals surface area contributed by atoms with Gasteiger partial charge in [0, 0.05) is 36.3 Å². The van der Waals surface area contributed by atoms with Crippen molar-refractivity contribution in [1.82, 2.24) is 4.98 Å². The molecule has 1 aromatic heterocycles. The van der Waals surface area contributed by atoms with Gasteiger partial charge in [-0.1, -0.05) is 17.7 Å². The van der Waals surface area contributed by atoms with Gasteiger partial charge in [0.1, 0.15) is 0 Å². The molecular weight excluding hydrogens is 248 g/mol. The van der Waals surface area contributed by atoms with Crippen LogP contribution in [0.3, 0.4) is 0 Å². The van der Waals surface area contributed by atoms with Gasteiger partial charge in [0.2, 0.25) is 5.91 Å². The minimum absolute atomic E-state index is 0.101. The van der Waals surface area contributed by atoms with Crippen LogP contribution in [-0.4, -0.2) is 17.9 Å². The monoisotopic (exact) mass is 258 g/mol. The van der Waals surface area contributed by atoms with E-state index in [0.29, 0.717) is 11.4 Å². The highest BCUT2D eigenvalue weighted by atomic mass is 35.5. The molecule has 2 aromatic rings. The first-order valence-corrected chi connectivity index (χ1v) is 6.04.